The van der Waals surface area contributed by atoms with Crippen molar-refractivity contribution in [2.75, 3.05) is 0 Å². The van der Waals surface area contributed by atoms with Gasteiger partial charge in [0.2, 0.25) is 0 Å². The molecule has 1 aromatic heterocycles. The molecule has 0 saturated carbocycles. The molecule has 72 valence electrons. The first kappa shape index (κ1) is 9.77. The summed E-state index contributed by atoms with van der Waals surface area (Å²) in [6, 6.07) is 0. The number of hydrogen-bond acceptors (Lipinski definition) is 2. The number of hydrogen-bond donors (Lipinski definition) is 0. The average molecular weight is 182 g/mol. The van der Waals surface area contributed by atoms with Crippen LogP contribution in [0.3, 0.4) is 0 Å². The van der Waals surface area contributed by atoms with Crippen molar-refractivity contribution in [2.24, 2.45) is 13.0 Å². The van der Waals surface area contributed by atoms with Gasteiger partial charge in [0.1, 0.15) is 0 Å². The molecule has 0 fully saturated rings. The molecular formula is C9H14N2O2. The molecule has 0 aliphatic carbocycles. The monoisotopic (exact) mass is 182 g/mol. The summed E-state index contributed by atoms with van der Waals surface area (Å²) in [4.78, 5) is 22.6. The zero-order valence-corrected chi connectivity index (χ0v) is 8.15. The van der Waals surface area contributed by atoms with E-state index < -0.39 is 11.1 Å². The summed E-state index contributed by atoms with van der Waals surface area (Å²) < 4.78 is 2.74. The molecule has 0 N–H and O–H groups in total. The number of rotatable bonds is 2. The molecule has 4 heteroatoms. The van der Waals surface area contributed by atoms with E-state index in [9.17, 15) is 9.59 Å². The maximum atomic E-state index is 11.4. The molecule has 0 unspecified atom stereocenters. The van der Waals surface area contributed by atoms with Crippen LogP contribution in [0.2, 0.25) is 0 Å². The van der Waals surface area contributed by atoms with Crippen LogP contribution in [0, 0.1) is 5.92 Å². The van der Waals surface area contributed by atoms with Crippen LogP contribution >= 0.6 is 0 Å². The van der Waals surface area contributed by atoms with E-state index in [2.05, 4.69) is 0 Å². The summed E-state index contributed by atoms with van der Waals surface area (Å²) >= 11 is 0. The molecule has 4 nitrogen and oxygen atoms in total. The second-order valence-electron chi connectivity index (χ2n) is 3.57. The third kappa shape index (κ3) is 2.08. The molecular weight excluding hydrogens is 168 g/mol. The maximum absolute atomic E-state index is 11.4. The minimum absolute atomic E-state index is 0.366. The molecule has 0 aromatic carbocycles. The lowest BCUT2D eigenvalue weighted by atomic mass is 10.2. The molecule has 0 amide bonds. The first-order valence-corrected chi connectivity index (χ1v) is 4.28. The van der Waals surface area contributed by atoms with Gasteiger partial charge >= 0.3 is 11.1 Å². The van der Waals surface area contributed by atoms with E-state index in [1.54, 1.807) is 19.4 Å². The van der Waals surface area contributed by atoms with Gasteiger partial charge in [-0.3, -0.25) is 9.59 Å². The van der Waals surface area contributed by atoms with Crippen LogP contribution in [0.15, 0.2) is 22.0 Å². The van der Waals surface area contributed by atoms with Gasteiger partial charge in [-0.15, -0.1) is 0 Å². The van der Waals surface area contributed by atoms with Crippen molar-refractivity contribution in [2.45, 2.75) is 20.4 Å². The maximum Gasteiger partial charge on any atom is 0.316 e. The molecule has 1 rings (SSSR count). The molecule has 13 heavy (non-hydrogen) atoms. The van der Waals surface area contributed by atoms with Crippen molar-refractivity contribution in [3.8, 4) is 0 Å². The number of aryl methyl sites for hydroxylation is 1. The number of aromatic nitrogens is 2. The summed E-state index contributed by atoms with van der Waals surface area (Å²) in [7, 11) is 1.57. The first-order valence-electron chi connectivity index (χ1n) is 4.28. The Balaban J connectivity index is 3.20. The summed E-state index contributed by atoms with van der Waals surface area (Å²) in [6.45, 7) is 4.60. The predicted molar refractivity (Wildman–Crippen MR) is 50.8 cm³/mol. The van der Waals surface area contributed by atoms with Gasteiger partial charge < -0.3 is 9.13 Å². The van der Waals surface area contributed by atoms with Crippen LogP contribution in [0.4, 0.5) is 0 Å². The zero-order valence-electron chi connectivity index (χ0n) is 8.15. The van der Waals surface area contributed by atoms with Crippen molar-refractivity contribution in [1.82, 2.24) is 9.13 Å². The van der Waals surface area contributed by atoms with Gasteiger partial charge in [0.05, 0.1) is 0 Å². The van der Waals surface area contributed by atoms with E-state index in [0.717, 1.165) is 0 Å². The van der Waals surface area contributed by atoms with Crippen LogP contribution in [-0.2, 0) is 13.6 Å². The summed E-state index contributed by atoms with van der Waals surface area (Å²) in [5.41, 5.74) is -0.915. The SMILES string of the molecule is CC(C)Cn1ccn(C)c(=O)c1=O. The fourth-order valence-corrected chi connectivity index (χ4v) is 1.13. The van der Waals surface area contributed by atoms with Gasteiger partial charge in [-0.05, 0) is 5.92 Å². The highest BCUT2D eigenvalue weighted by Crippen LogP contribution is 1.93. The molecule has 1 heterocycles. The Labute approximate surface area is 76.4 Å². The minimum atomic E-state index is -0.469. The van der Waals surface area contributed by atoms with E-state index in [4.69, 9.17) is 0 Å². The smallest absolute Gasteiger partial charge is 0.312 e. The Hall–Kier alpha value is -1.32. The molecule has 0 spiro atoms. The Morgan fingerprint density at radius 2 is 1.85 bits per heavy atom. The van der Waals surface area contributed by atoms with Gasteiger partial charge in [-0.1, -0.05) is 13.8 Å². The lowest BCUT2D eigenvalue weighted by Gasteiger charge is -2.07. The Bertz CT molecular complexity index is 401. The standard InChI is InChI=1S/C9H14N2O2/c1-7(2)6-11-5-4-10(3)8(12)9(11)13/h4-5,7H,6H2,1-3H3. The summed E-state index contributed by atoms with van der Waals surface area (Å²) in [5, 5.41) is 0. The second kappa shape index (κ2) is 3.60. The van der Waals surface area contributed by atoms with Crippen molar-refractivity contribution < 1.29 is 0 Å². The topological polar surface area (TPSA) is 44.0 Å². The second-order valence-corrected chi connectivity index (χ2v) is 3.57. The van der Waals surface area contributed by atoms with Gasteiger partial charge in [0.15, 0.2) is 0 Å². The quantitative estimate of drug-likeness (QED) is 0.613. The van der Waals surface area contributed by atoms with Crippen molar-refractivity contribution in [3.63, 3.8) is 0 Å². The molecule has 0 atom stereocenters. The van der Waals surface area contributed by atoms with Crippen molar-refractivity contribution in [1.29, 1.82) is 0 Å². The minimum Gasteiger partial charge on any atom is -0.312 e. The lowest BCUT2D eigenvalue weighted by Crippen LogP contribution is -2.40. The lowest BCUT2D eigenvalue weighted by molar-refractivity contribution is 0.501. The normalized spacial score (nSPS) is 10.8. The fourth-order valence-electron chi connectivity index (χ4n) is 1.13. The highest BCUT2D eigenvalue weighted by atomic mass is 16.2. The predicted octanol–water partition coefficient (Wildman–Crippen LogP) is 0.203. The third-order valence-corrected chi connectivity index (χ3v) is 1.80. The highest BCUT2D eigenvalue weighted by molar-refractivity contribution is 4.84. The third-order valence-electron chi connectivity index (χ3n) is 1.80. The van der Waals surface area contributed by atoms with Crippen LogP contribution in [0.5, 0.6) is 0 Å². The first-order chi connectivity index (χ1) is 6.02. The van der Waals surface area contributed by atoms with Gasteiger partial charge in [-0.2, -0.15) is 0 Å². The summed E-state index contributed by atoms with van der Waals surface area (Å²) in [6.07, 6.45) is 3.25. The molecule has 0 radical (unpaired) electrons. The van der Waals surface area contributed by atoms with E-state index >= 15 is 0 Å². The molecule has 1 aromatic rings. The van der Waals surface area contributed by atoms with Gasteiger partial charge in [-0.25, -0.2) is 0 Å². The molecule has 0 aliphatic rings. The van der Waals surface area contributed by atoms with Crippen molar-refractivity contribution >= 4 is 0 Å². The zero-order chi connectivity index (χ0) is 10.0. The fraction of sp³-hybridized carbons (Fsp3) is 0.556. The molecule has 0 saturated heterocycles. The van der Waals surface area contributed by atoms with Crippen LogP contribution in [0.1, 0.15) is 13.8 Å². The Kier molecular flexibility index (Phi) is 2.70. The van der Waals surface area contributed by atoms with Crippen molar-refractivity contribution in [3.05, 3.63) is 33.1 Å². The highest BCUT2D eigenvalue weighted by Gasteiger charge is 2.03. The van der Waals surface area contributed by atoms with E-state index in [-0.39, 0.29) is 0 Å². The van der Waals surface area contributed by atoms with E-state index in [0.29, 0.717) is 12.5 Å². The van der Waals surface area contributed by atoms with E-state index in [1.807, 2.05) is 13.8 Å². The van der Waals surface area contributed by atoms with Gasteiger partial charge in [0.25, 0.3) is 0 Å². The van der Waals surface area contributed by atoms with E-state index in [1.165, 1.54) is 9.13 Å². The molecule has 0 aliphatic heterocycles. The average Bonchev–Trinajstić information content (AvgIpc) is 2.06. The van der Waals surface area contributed by atoms with Crippen LogP contribution in [-0.4, -0.2) is 9.13 Å². The molecule has 0 bridgehead atoms. The van der Waals surface area contributed by atoms with Crippen LogP contribution < -0.4 is 11.1 Å². The Morgan fingerprint density at radius 3 is 2.38 bits per heavy atom. The number of nitrogens with zero attached hydrogens (tertiary/aromatic N) is 2. The van der Waals surface area contributed by atoms with Gasteiger partial charge in [0, 0.05) is 26.0 Å². The van der Waals surface area contributed by atoms with Crippen LogP contribution in [0.25, 0.3) is 0 Å². The largest absolute Gasteiger partial charge is 0.316 e. The Morgan fingerprint density at radius 1 is 1.23 bits per heavy atom. The summed E-state index contributed by atoms with van der Waals surface area (Å²) in [5.74, 6) is 0.366.